The maximum absolute atomic E-state index is 13.2. The molecule has 0 saturated heterocycles. The van der Waals surface area contributed by atoms with Crippen molar-refractivity contribution in [1.82, 2.24) is 9.55 Å². The van der Waals surface area contributed by atoms with Crippen molar-refractivity contribution in [1.29, 1.82) is 0 Å². The van der Waals surface area contributed by atoms with Crippen molar-refractivity contribution in [3.8, 4) is 11.4 Å². The zero-order valence-corrected chi connectivity index (χ0v) is 16.5. The highest BCUT2D eigenvalue weighted by molar-refractivity contribution is 5.99. The lowest BCUT2D eigenvalue weighted by atomic mass is 9.86. The monoisotopic (exact) mass is 405 g/mol. The third kappa shape index (κ3) is 2.43. The lowest BCUT2D eigenvalue weighted by Gasteiger charge is -2.31. The maximum Gasteiger partial charge on any atom is 0.343 e. The summed E-state index contributed by atoms with van der Waals surface area (Å²) in [5.41, 5.74) is 2.27. The van der Waals surface area contributed by atoms with Crippen LogP contribution in [-0.2, 0) is 33.1 Å². The molecule has 5 rings (SSSR count). The van der Waals surface area contributed by atoms with Crippen molar-refractivity contribution >= 4 is 23.1 Å². The predicted octanol–water partition coefficient (Wildman–Crippen LogP) is 2.06. The largest absolute Gasteiger partial charge is 0.458 e. The van der Waals surface area contributed by atoms with Gasteiger partial charge in [0, 0.05) is 22.1 Å². The summed E-state index contributed by atoms with van der Waals surface area (Å²) in [6.45, 7) is 1.90. The predicted molar refractivity (Wildman–Crippen MR) is 109 cm³/mol. The van der Waals surface area contributed by atoms with Crippen molar-refractivity contribution in [3.63, 3.8) is 0 Å². The van der Waals surface area contributed by atoms with Gasteiger partial charge in [-0.05, 0) is 24.6 Å². The number of hydrogen-bond acceptors (Lipinski definition) is 7. The summed E-state index contributed by atoms with van der Waals surface area (Å²) in [5, 5.41) is 15.7. The molecule has 0 spiro atoms. The molecule has 0 radical (unpaired) electrons. The normalized spacial score (nSPS) is 19.5. The van der Waals surface area contributed by atoms with E-state index in [0.717, 1.165) is 22.0 Å². The first-order valence-corrected chi connectivity index (χ1v) is 9.64. The minimum Gasteiger partial charge on any atom is -0.458 e. The lowest BCUT2D eigenvalue weighted by molar-refractivity contribution is -0.172. The minimum atomic E-state index is -1.83. The first kappa shape index (κ1) is 18.5. The van der Waals surface area contributed by atoms with E-state index < -0.39 is 11.6 Å². The van der Waals surface area contributed by atoms with Crippen LogP contribution in [0.3, 0.4) is 0 Å². The molecule has 1 aromatic carbocycles. The Morgan fingerprint density at radius 1 is 1.37 bits per heavy atom. The smallest absolute Gasteiger partial charge is 0.343 e. The van der Waals surface area contributed by atoms with Crippen molar-refractivity contribution in [2.75, 3.05) is 7.11 Å². The number of carbonyl (C=O) groups excluding carboxylic acids is 1. The van der Waals surface area contributed by atoms with Gasteiger partial charge in [-0.15, -0.1) is 0 Å². The number of rotatable bonds is 3. The quantitative estimate of drug-likeness (QED) is 0.318. The number of esters is 1. The number of hydrogen-bond donors (Lipinski definition) is 1. The van der Waals surface area contributed by atoms with Gasteiger partial charge in [-0.2, -0.15) is 0 Å². The van der Waals surface area contributed by atoms with Crippen LogP contribution in [0.5, 0.6) is 0 Å². The molecule has 0 bridgehead atoms. The van der Waals surface area contributed by atoms with Gasteiger partial charge in [-0.3, -0.25) is 4.79 Å². The number of nitrogens with zero attached hydrogens (tertiary/aromatic N) is 3. The van der Waals surface area contributed by atoms with E-state index in [9.17, 15) is 14.7 Å². The van der Waals surface area contributed by atoms with Gasteiger partial charge in [-0.1, -0.05) is 24.2 Å². The van der Waals surface area contributed by atoms with E-state index in [1.54, 1.807) is 23.8 Å². The molecule has 0 fully saturated rings. The highest BCUT2D eigenvalue weighted by Gasteiger charge is 2.45. The van der Waals surface area contributed by atoms with Crippen LogP contribution < -0.4 is 5.56 Å². The van der Waals surface area contributed by atoms with Gasteiger partial charge < -0.3 is 19.2 Å². The number of oxime groups is 1. The molecular weight excluding hydrogens is 386 g/mol. The van der Waals surface area contributed by atoms with E-state index >= 15 is 0 Å². The lowest BCUT2D eigenvalue weighted by Crippen LogP contribution is -2.44. The molecule has 0 saturated carbocycles. The molecular formula is C22H19N3O5. The van der Waals surface area contributed by atoms with Crippen molar-refractivity contribution in [2.45, 2.75) is 32.1 Å². The first-order valence-electron chi connectivity index (χ1n) is 9.64. The van der Waals surface area contributed by atoms with Crippen LogP contribution in [0.1, 0.15) is 35.6 Å². The fourth-order valence-corrected chi connectivity index (χ4v) is 4.25. The summed E-state index contributed by atoms with van der Waals surface area (Å²) in [5.74, 6) is -0.728. The summed E-state index contributed by atoms with van der Waals surface area (Å²) in [6.07, 6.45) is 1.73. The Balaban J connectivity index is 1.75. The molecule has 8 heteroatoms. The molecule has 0 aliphatic carbocycles. The van der Waals surface area contributed by atoms with Crippen LogP contribution in [0, 0.1) is 0 Å². The topological polar surface area (TPSA) is 103 Å². The van der Waals surface area contributed by atoms with Crippen LogP contribution in [-0.4, -0.2) is 34.0 Å². The molecule has 2 aliphatic heterocycles. The zero-order chi connectivity index (χ0) is 21.0. The number of fused-ring (bicyclic) bond motifs is 5. The Kier molecular flexibility index (Phi) is 4.01. The van der Waals surface area contributed by atoms with Gasteiger partial charge in [0.1, 0.15) is 13.7 Å². The standard InChI is InChI=1S/C22H19N3O5/c1-3-22(28)16-8-18-19-13(10-25(18)20(26)15(16)11-30-21(22)27)7-14-12(9-23-29-2)5-4-6-17(14)24-19/h4-9,28H,3,10-11H2,1-2H3/t22-/m0/s1. The second-order valence-corrected chi connectivity index (χ2v) is 7.43. The highest BCUT2D eigenvalue weighted by Crippen LogP contribution is 2.38. The Bertz CT molecular complexity index is 1310. The third-order valence-corrected chi connectivity index (χ3v) is 5.88. The molecule has 152 valence electrons. The van der Waals surface area contributed by atoms with Gasteiger partial charge >= 0.3 is 5.97 Å². The van der Waals surface area contributed by atoms with Crippen LogP contribution in [0.2, 0.25) is 0 Å². The summed E-state index contributed by atoms with van der Waals surface area (Å²) < 4.78 is 6.72. The Morgan fingerprint density at radius 3 is 2.97 bits per heavy atom. The van der Waals surface area contributed by atoms with Gasteiger partial charge in [-0.25, -0.2) is 9.78 Å². The first-order chi connectivity index (χ1) is 14.5. The fourth-order valence-electron chi connectivity index (χ4n) is 4.25. The molecule has 1 atom stereocenters. The average Bonchev–Trinajstić information content (AvgIpc) is 3.11. The number of aliphatic hydroxyl groups is 1. The van der Waals surface area contributed by atoms with E-state index in [1.165, 1.54) is 7.11 Å². The second kappa shape index (κ2) is 6.50. The average molecular weight is 405 g/mol. The maximum atomic E-state index is 13.2. The molecule has 30 heavy (non-hydrogen) atoms. The van der Waals surface area contributed by atoms with Crippen molar-refractivity contribution in [2.24, 2.45) is 5.16 Å². The molecule has 8 nitrogen and oxygen atoms in total. The molecule has 4 heterocycles. The summed E-state index contributed by atoms with van der Waals surface area (Å²) in [7, 11) is 1.48. The Labute approximate surface area is 171 Å². The number of carbonyl (C=O) groups is 1. The van der Waals surface area contributed by atoms with Crippen LogP contribution in [0.15, 0.2) is 40.3 Å². The minimum absolute atomic E-state index is 0.113. The number of pyridine rings is 2. The number of benzene rings is 1. The molecule has 3 aromatic rings. The van der Waals surface area contributed by atoms with Crippen molar-refractivity contribution < 1.29 is 19.5 Å². The molecule has 2 aromatic heterocycles. The van der Waals surface area contributed by atoms with Crippen LogP contribution >= 0.6 is 0 Å². The van der Waals surface area contributed by atoms with Crippen LogP contribution in [0.4, 0.5) is 0 Å². The van der Waals surface area contributed by atoms with Crippen LogP contribution in [0.25, 0.3) is 22.3 Å². The molecule has 0 amide bonds. The fraction of sp³-hybridized carbons (Fsp3) is 0.273. The molecule has 1 N–H and O–H groups in total. The number of ether oxygens (including phenoxy) is 1. The third-order valence-electron chi connectivity index (χ3n) is 5.88. The van der Waals surface area contributed by atoms with Gasteiger partial charge in [0.25, 0.3) is 5.56 Å². The van der Waals surface area contributed by atoms with Gasteiger partial charge in [0.15, 0.2) is 5.60 Å². The van der Waals surface area contributed by atoms with Gasteiger partial charge in [0.05, 0.1) is 35.2 Å². The Hall–Kier alpha value is -3.52. The number of aromatic nitrogens is 2. The van der Waals surface area contributed by atoms with E-state index in [0.29, 0.717) is 29.1 Å². The second-order valence-electron chi connectivity index (χ2n) is 7.43. The van der Waals surface area contributed by atoms with E-state index in [4.69, 9.17) is 14.6 Å². The van der Waals surface area contributed by atoms with E-state index in [-0.39, 0.29) is 18.6 Å². The Morgan fingerprint density at radius 2 is 2.20 bits per heavy atom. The zero-order valence-electron chi connectivity index (χ0n) is 16.5. The van der Waals surface area contributed by atoms with Crippen molar-refractivity contribution in [3.05, 3.63) is 62.9 Å². The highest BCUT2D eigenvalue weighted by atomic mass is 16.6. The summed E-state index contributed by atoms with van der Waals surface area (Å²) >= 11 is 0. The summed E-state index contributed by atoms with van der Waals surface area (Å²) in [4.78, 5) is 35.0. The summed E-state index contributed by atoms with van der Waals surface area (Å²) in [6, 6.07) is 9.38. The molecule has 2 aliphatic rings. The van der Waals surface area contributed by atoms with Gasteiger partial charge in [0.2, 0.25) is 0 Å². The molecule has 0 unspecified atom stereocenters. The number of cyclic esters (lactones) is 1. The van der Waals surface area contributed by atoms with E-state index in [1.807, 2.05) is 24.3 Å². The van der Waals surface area contributed by atoms with E-state index in [2.05, 4.69) is 5.16 Å². The SMILES string of the molecule is CC[C@@]1(O)C(=O)OCc2c1cc1n(c2=O)Cc2cc3c(C=NOC)cccc3nc2-1.